The first-order chi connectivity index (χ1) is 9.84. The van der Waals surface area contributed by atoms with Crippen LogP contribution in [0.25, 0.3) is 0 Å². The molecule has 1 fully saturated rings. The molecule has 2 nitrogen and oxygen atoms in total. The van der Waals surface area contributed by atoms with Crippen LogP contribution in [0.4, 0.5) is 0 Å². The van der Waals surface area contributed by atoms with E-state index in [-0.39, 0.29) is 6.04 Å². The maximum Gasteiger partial charge on any atom is 0.223 e. The molecular formula is C17H19NOS. The summed E-state index contributed by atoms with van der Waals surface area (Å²) in [6, 6.07) is 12.8. The highest BCUT2D eigenvalue weighted by Crippen LogP contribution is 2.32. The second kappa shape index (κ2) is 6.23. The number of carbonyl (C=O) groups excluding carboxylic acids is 1. The predicted molar refractivity (Wildman–Crippen MR) is 82.8 cm³/mol. The van der Waals surface area contributed by atoms with Crippen molar-refractivity contribution < 1.29 is 4.79 Å². The van der Waals surface area contributed by atoms with Gasteiger partial charge in [-0.3, -0.25) is 4.79 Å². The third-order valence-electron chi connectivity index (χ3n) is 3.97. The first kappa shape index (κ1) is 13.4. The van der Waals surface area contributed by atoms with Gasteiger partial charge in [0.1, 0.15) is 0 Å². The number of benzene rings is 1. The van der Waals surface area contributed by atoms with Crippen LogP contribution in [0.3, 0.4) is 0 Å². The summed E-state index contributed by atoms with van der Waals surface area (Å²) in [6.45, 7) is 0.905. The van der Waals surface area contributed by atoms with Gasteiger partial charge in [-0.2, -0.15) is 11.3 Å². The van der Waals surface area contributed by atoms with Crippen molar-refractivity contribution in [1.29, 1.82) is 0 Å². The Kier molecular flexibility index (Phi) is 4.16. The quantitative estimate of drug-likeness (QED) is 0.830. The molecular weight excluding hydrogens is 266 g/mol. The van der Waals surface area contributed by atoms with Crippen molar-refractivity contribution >= 4 is 17.2 Å². The van der Waals surface area contributed by atoms with Gasteiger partial charge in [0.25, 0.3) is 0 Å². The maximum atomic E-state index is 12.5. The molecule has 20 heavy (non-hydrogen) atoms. The van der Waals surface area contributed by atoms with Crippen LogP contribution in [0, 0.1) is 0 Å². The molecule has 1 atom stereocenters. The summed E-state index contributed by atoms with van der Waals surface area (Å²) in [5.41, 5.74) is 2.55. The smallest absolute Gasteiger partial charge is 0.223 e. The Labute approximate surface area is 124 Å². The van der Waals surface area contributed by atoms with E-state index in [0.717, 1.165) is 25.8 Å². The monoisotopic (exact) mass is 285 g/mol. The third-order valence-corrected chi connectivity index (χ3v) is 4.70. The Morgan fingerprint density at radius 2 is 2.10 bits per heavy atom. The molecule has 0 aliphatic carbocycles. The van der Waals surface area contributed by atoms with Gasteiger partial charge in [0.15, 0.2) is 0 Å². The molecule has 2 aromatic rings. The average molecular weight is 285 g/mol. The van der Waals surface area contributed by atoms with E-state index in [1.165, 1.54) is 11.1 Å². The van der Waals surface area contributed by atoms with Crippen molar-refractivity contribution in [2.24, 2.45) is 0 Å². The van der Waals surface area contributed by atoms with Crippen LogP contribution in [-0.2, 0) is 11.2 Å². The van der Waals surface area contributed by atoms with Crippen LogP contribution >= 0.6 is 11.3 Å². The van der Waals surface area contributed by atoms with E-state index in [4.69, 9.17) is 0 Å². The summed E-state index contributed by atoms with van der Waals surface area (Å²) in [5.74, 6) is 0.294. The lowest BCUT2D eigenvalue weighted by Gasteiger charge is -2.25. The Balaban J connectivity index is 1.64. The first-order valence-electron chi connectivity index (χ1n) is 7.20. The summed E-state index contributed by atoms with van der Waals surface area (Å²) in [7, 11) is 0. The summed E-state index contributed by atoms with van der Waals surface area (Å²) < 4.78 is 0. The summed E-state index contributed by atoms with van der Waals surface area (Å²) in [4.78, 5) is 14.5. The molecule has 3 heteroatoms. The number of hydrogen-bond acceptors (Lipinski definition) is 2. The number of rotatable bonds is 4. The van der Waals surface area contributed by atoms with Gasteiger partial charge >= 0.3 is 0 Å². The largest absolute Gasteiger partial charge is 0.336 e. The normalized spacial score (nSPS) is 18.4. The Hall–Kier alpha value is -1.61. The molecule has 1 aromatic heterocycles. The highest BCUT2D eigenvalue weighted by Gasteiger charge is 2.29. The van der Waals surface area contributed by atoms with Crippen molar-refractivity contribution in [2.45, 2.75) is 31.7 Å². The molecule has 3 rings (SSSR count). The number of hydrogen-bond donors (Lipinski definition) is 0. The van der Waals surface area contributed by atoms with Crippen molar-refractivity contribution in [3.05, 3.63) is 58.3 Å². The average Bonchev–Trinajstić information content (AvgIpc) is 3.17. The van der Waals surface area contributed by atoms with E-state index in [2.05, 4.69) is 46.0 Å². The minimum atomic E-state index is 0.283. The van der Waals surface area contributed by atoms with Gasteiger partial charge in [0.2, 0.25) is 5.91 Å². The van der Waals surface area contributed by atoms with Gasteiger partial charge in [-0.05, 0) is 47.2 Å². The van der Waals surface area contributed by atoms with Crippen LogP contribution in [0.5, 0.6) is 0 Å². The zero-order valence-electron chi connectivity index (χ0n) is 11.5. The minimum Gasteiger partial charge on any atom is -0.336 e. The van der Waals surface area contributed by atoms with Gasteiger partial charge in [-0.25, -0.2) is 0 Å². The van der Waals surface area contributed by atoms with Crippen molar-refractivity contribution in [3.8, 4) is 0 Å². The van der Waals surface area contributed by atoms with Crippen LogP contribution in [0.1, 0.15) is 36.4 Å². The topological polar surface area (TPSA) is 20.3 Å². The Bertz CT molecular complexity index is 550. The van der Waals surface area contributed by atoms with E-state index < -0.39 is 0 Å². The van der Waals surface area contributed by atoms with Crippen LogP contribution in [-0.4, -0.2) is 17.4 Å². The molecule has 1 amide bonds. The number of nitrogens with zero attached hydrogens (tertiary/aromatic N) is 1. The molecule has 0 spiro atoms. The number of amides is 1. The fourth-order valence-corrected chi connectivity index (χ4v) is 3.62. The Morgan fingerprint density at radius 1 is 1.25 bits per heavy atom. The zero-order valence-corrected chi connectivity index (χ0v) is 12.3. The SMILES string of the molecule is O=C(CCc1ccsc1)N1CCCC1c1ccccc1. The van der Waals surface area contributed by atoms with E-state index in [9.17, 15) is 4.79 Å². The van der Waals surface area contributed by atoms with Crippen LogP contribution in [0.2, 0.25) is 0 Å². The van der Waals surface area contributed by atoms with Gasteiger partial charge in [-0.1, -0.05) is 30.3 Å². The highest BCUT2D eigenvalue weighted by molar-refractivity contribution is 7.07. The molecule has 2 heterocycles. The lowest BCUT2D eigenvalue weighted by molar-refractivity contribution is -0.132. The van der Waals surface area contributed by atoms with Crippen molar-refractivity contribution in [2.75, 3.05) is 6.54 Å². The number of likely N-dealkylation sites (tertiary alicyclic amines) is 1. The predicted octanol–water partition coefficient (Wildman–Crippen LogP) is 4.04. The fourth-order valence-electron chi connectivity index (χ4n) is 2.92. The standard InChI is InChI=1S/C17H19NOS/c19-17(9-8-14-10-12-20-13-14)18-11-4-7-16(18)15-5-2-1-3-6-15/h1-3,5-6,10,12-13,16H,4,7-9,11H2. The van der Waals surface area contributed by atoms with E-state index in [1.54, 1.807) is 11.3 Å². The lowest BCUT2D eigenvalue weighted by atomic mass is 10.0. The molecule has 0 bridgehead atoms. The Morgan fingerprint density at radius 3 is 2.85 bits per heavy atom. The second-order valence-corrected chi connectivity index (χ2v) is 6.07. The van der Waals surface area contributed by atoms with Gasteiger partial charge in [0.05, 0.1) is 6.04 Å². The third kappa shape index (κ3) is 2.93. The van der Waals surface area contributed by atoms with Crippen molar-refractivity contribution in [1.82, 2.24) is 4.90 Å². The molecule has 0 radical (unpaired) electrons. The van der Waals surface area contributed by atoms with Gasteiger partial charge in [0, 0.05) is 13.0 Å². The fraction of sp³-hybridized carbons (Fsp3) is 0.353. The van der Waals surface area contributed by atoms with Gasteiger partial charge < -0.3 is 4.90 Å². The molecule has 1 saturated heterocycles. The minimum absolute atomic E-state index is 0.283. The van der Waals surface area contributed by atoms with Crippen molar-refractivity contribution in [3.63, 3.8) is 0 Å². The lowest BCUT2D eigenvalue weighted by Crippen LogP contribution is -2.30. The molecule has 0 N–H and O–H groups in total. The number of aryl methyl sites for hydroxylation is 1. The van der Waals surface area contributed by atoms with E-state index in [0.29, 0.717) is 12.3 Å². The summed E-state index contributed by atoms with van der Waals surface area (Å²) >= 11 is 1.70. The molecule has 104 valence electrons. The summed E-state index contributed by atoms with van der Waals surface area (Å²) in [5, 5.41) is 4.20. The maximum absolute atomic E-state index is 12.5. The zero-order chi connectivity index (χ0) is 13.8. The highest BCUT2D eigenvalue weighted by atomic mass is 32.1. The second-order valence-electron chi connectivity index (χ2n) is 5.29. The number of thiophene rings is 1. The molecule has 1 unspecified atom stereocenters. The first-order valence-corrected chi connectivity index (χ1v) is 8.14. The van der Waals surface area contributed by atoms with E-state index >= 15 is 0 Å². The molecule has 1 aromatic carbocycles. The molecule has 1 aliphatic rings. The van der Waals surface area contributed by atoms with Crippen LogP contribution < -0.4 is 0 Å². The molecule has 0 saturated carbocycles. The van der Waals surface area contributed by atoms with E-state index in [1.807, 2.05) is 6.07 Å². The van der Waals surface area contributed by atoms with Crippen LogP contribution in [0.15, 0.2) is 47.2 Å². The summed E-state index contributed by atoms with van der Waals surface area (Å²) in [6.07, 6.45) is 3.69. The molecule has 1 aliphatic heterocycles. The van der Waals surface area contributed by atoms with Gasteiger partial charge in [-0.15, -0.1) is 0 Å². The number of carbonyl (C=O) groups is 1.